The molecule has 2 rings (SSSR count). The quantitative estimate of drug-likeness (QED) is 0.669. The van der Waals surface area contributed by atoms with E-state index >= 15 is 0 Å². The fourth-order valence-corrected chi connectivity index (χ4v) is 1.08. The standard InChI is InChI=1S/C9H8N4O/c14-9-1-2-11-7-13(9)6-8-5-10-3-4-12-8/h1-5,7H,6H2. The average molecular weight is 188 g/mol. The molecule has 0 fully saturated rings. The largest absolute Gasteiger partial charge is 0.293 e. The second kappa shape index (κ2) is 3.78. The van der Waals surface area contributed by atoms with Crippen molar-refractivity contribution >= 4 is 0 Å². The lowest BCUT2D eigenvalue weighted by atomic mass is 10.4. The van der Waals surface area contributed by atoms with E-state index in [0.29, 0.717) is 6.54 Å². The Morgan fingerprint density at radius 1 is 1.21 bits per heavy atom. The Hall–Kier alpha value is -2.04. The fourth-order valence-electron chi connectivity index (χ4n) is 1.08. The fraction of sp³-hybridized carbons (Fsp3) is 0.111. The monoisotopic (exact) mass is 188 g/mol. The molecule has 0 amide bonds. The smallest absolute Gasteiger partial charge is 0.253 e. The molecule has 2 heterocycles. The molecule has 70 valence electrons. The van der Waals surface area contributed by atoms with E-state index in [2.05, 4.69) is 15.0 Å². The molecule has 0 atom stereocenters. The molecule has 2 aromatic heterocycles. The van der Waals surface area contributed by atoms with E-state index in [4.69, 9.17) is 0 Å². The summed E-state index contributed by atoms with van der Waals surface area (Å²) < 4.78 is 1.48. The molecule has 0 aliphatic carbocycles. The molecule has 0 spiro atoms. The van der Waals surface area contributed by atoms with Gasteiger partial charge in [-0.25, -0.2) is 4.98 Å². The van der Waals surface area contributed by atoms with Crippen molar-refractivity contribution in [3.05, 3.63) is 53.2 Å². The van der Waals surface area contributed by atoms with E-state index in [1.807, 2.05) is 0 Å². The highest BCUT2D eigenvalue weighted by molar-refractivity contribution is 4.96. The molecule has 5 nitrogen and oxygen atoms in total. The normalized spacial score (nSPS) is 10.0. The maximum atomic E-state index is 11.3. The van der Waals surface area contributed by atoms with Gasteiger partial charge in [-0.05, 0) is 0 Å². The van der Waals surface area contributed by atoms with E-state index in [1.54, 1.807) is 18.6 Å². The maximum Gasteiger partial charge on any atom is 0.253 e. The summed E-state index contributed by atoms with van der Waals surface area (Å²) in [7, 11) is 0. The third-order valence-electron chi connectivity index (χ3n) is 1.74. The summed E-state index contributed by atoms with van der Waals surface area (Å²) in [6.45, 7) is 0.403. The van der Waals surface area contributed by atoms with Gasteiger partial charge in [0.2, 0.25) is 0 Å². The Labute approximate surface area is 80.1 Å². The summed E-state index contributed by atoms with van der Waals surface area (Å²) in [5.74, 6) is 0. The van der Waals surface area contributed by atoms with Gasteiger partial charge in [-0.3, -0.25) is 19.3 Å². The first-order valence-corrected chi connectivity index (χ1v) is 4.11. The van der Waals surface area contributed by atoms with E-state index in [-0.39, 0.29) is 5.56 Å². The zero-order chi connectivity index (χ0) is 9.80. The molecule has 14 heavy (non-hydrogen) atoms. The van der Waals surface area contributed by atoms with Crippen molar-refractivity contribution in [2.24, 2.45) is 0 Å². The van der Waals surface area contributed by atoms with E-state index in [0.717, 1.165) is 5.69 Å². The van der Waals surface area contributed by atoms with Gasteiger partial charge in [0.1, 0.15) is 0 Å². The van der Waals surface area contributed by atoms with Crippen molar-refractivity contribution in [1.82, 2.24) is 19.5 Å². The van der Waals surface area contributed by atoms with Crippen molar-refractivity contribution in [2.45, 2.75) is 6.54 Å². The molecule has 0 unspecified atom stereocenters. The molecule has 5 heteroatoms. The van der Waals surface area contributed by atoms with Crippen LogP contribution in [0.3, 0.4) is 0 Å². The molecule has 0 aliphatic rings. The molecule has 0 aliphatic heterocycles. The van der Waals surface area contributed by atoms with Crippen LogP contribution < -0.4 is 5.56 Å². The molecule has 0 bridgehead atoms. The Balaban J connectivity index is 2.28. The Bertz CT molecular complexity index is 465. The molecule has 0 saturated heterocycles. The van der Waals surface area contributed by atoms with Crippen LogP contribution in [0, 0.1) is 0 Å². The van der Waals surface area contributed by atoms with Crippen LogP contribution in [0.15, 0.2) is 42.0 Å². The minimum Gasteiger partial charge on any atom is -0.293 e. The van der Waals surface area contributed by atoms with Crippen LogP contribution in [0.4, 0.5) is 0 Å². The molecule has 2 aromatic rings. The zero-order valence-electron chi connectivity index (χ0n) is 7.37. The summed E-state index contributed by atoms with van der Waals surface area (Å²) >= 11 is 0. The molecular formula is C9H8N4O. The lowest BCUT2D eigenvalue weighted by Crippen LogP contribution is -2.19. The van der Waals surface area contributed by atoms with Crippen LogP contribution in [-0.2, 0) is 6.54 Å². The van der Waals surface area contributed by atoms with E-state index in [1.165, 1.54) is 23.2 Å². The van der Waals surface area contributed by atoms with Gasteiger partial charge in [-0.2, -0.15) is 0 Å². The van der Waals surface area contributed by atoms with Crippen molar-refractivity contribution < 1.29 is 0 Å². The Kier molecular flexibility index (Phi) is 2.31. The zero-order valence-corrected chi connectivity index (χ0v) is 7.37. The SMILES string of the molecule is O=c1ccncn1Cc1cnccn1. The van der Waals surface area contributed by atoms with Gasteiger partial charge in [0.05, 0.1) is 24.8 Å². The van der Waals surface area contributed by atoms with E-state index < -0.39 is 0 Å². The summed E-state index contributed by atoms with van der Waals surface area (Å²) in [5, 5.41) is 0. The average Bonchev–Trinajstić information content (AvgIpc) is 2.23. The third kappa shape index (κ3) is 1.82. The Morgan fingerprint density at radius 3 is 2.86 bits per heavy atom. The number of hydrogen-bond acceptors (Lipinski definition) is 4. The maximum absolute atomic E-state index is 11.3. The van der Waals surface area contributed by atoms with Crippen LogP contribution >= 0.6 is 0 Å². The number of nitrogens with zero attached hydrogens (tertiary/aromatic N) is 4. The highest BCUT2D eigenvalue weighted by Crippen LogP contribution is 1.91. The molecule has 0 aromatic carbocycles. The molecular weight excluding hydrogens is 180 g/mol. The van der Waals surface area contributed by atoms with Crippen LogP contribution in [-0.4, -0.2) is 19.5 Å². The predicted octanol–water partition coefficient (Wildman–Crippen LogP) is 0.0816. The van der Waals surface area contributed by atoms with Gasteiger partial charge in [-0.1, -0.05) is 0 Å². The number of hydrogen-bond donors (Lipinski definition) is 0. The molecule has 0 N–H and O–H groups in total. The molecule has 0 saturated carbocycles. The highest BCUT2D eigenvalue weighted by Gasteiger charge is 1.97. The van der Waals surface area contributed by atoms with Crippen molar-refractivity contribution in [3.8, 4) is 0 Å². The van der Waals surface area contributed by atoms with Gasteiger partial charge in [-0.15, -0.1) is 0 Å². The van der Waals surface area contributed by atoms with Gasteiger partial charge in [0.25, 0.3) is 5.56 Å². The van der Waals surface area contributed by atoms with Crippen LogP contribution in [0.2, 0.25) is 0 Å². The predicted molar refractivity (Wildman–Crippen MR) is 49.6 cm³/mol. The molecule has 0 radical (unpaired) electrons. The lowest BCUT2D eigenvalue weighted by molar-refractivity contribution is 0.715. The second-order valence-corrected chi connectivity index (χ2v) is 2.74. The minimum atomic E-state index is -0.0920. The first-order chi connectivity index (χ1) is 6.86. The van der Waals surface area contributed by atoms with Crippen LogP contribution in [0.25, 0.3) is 0 Å². The number of rotatable bonds is 2. The van der Waals surface area contributed by atoms with Crippen LogP contribution in [0.5, 0.6) is 0 Å². The summed E-state index contributed by atoms with van der Waals surface area (Å²) in [5.41, 5.74) is 0.647. The van der Waals surface area contributed by atoms with Crippen LogP contribution in [0.1, 0.15) is 5.69 Å². The highest BCUT2D eigenvalue weighted by atomic mass is 16.1. The minimum absolute atomic E-state index is 0.0920. The van der Waals surface area contributed by atoms with Gasteiger partial charge in [0, 0.05) is 24.7 Å². The Morgan fingerprint density at radius 2 is 2.14 bits per heavy atom. The number of aromatic nitrogens is 4. The summed E-state index contributed by atoms with van der Waals surface area (Å²) in [6, 6.07) is 1.41. The second-order valence-electron chi connectivity index (χ2n) is 2.74. The van der Waals surface area contributed by atoms with Crippen molar-refractivity contribution in [2.75, 3.05) is 0 Å². The lowest BCUT2D eigenvalue weighted by Gasteiger charge is -2.01. The van der Waals surface area contributed by atoms with Crippen molar-refractivity contribution in [1.29, 1.82) is 0 Å². The van der Waals surface area contributed by atoms with Crippen molar-refractivity contribution in [3.63, 3.8) is 0 Å². The van der Waals surface area contributed by atoms with Gasteiger partial charge < -0.3 is 0 Å². The van der Waals surface area contributed by atoms with Gasteiger partial charge >= 0.3 is 0 Å². The van der Waals surface area contributed by atoms with E-state index in [9.17, 15) is 4.79 Å². The summed E-state index contributed by atoms with van der Waals surface area (Å²) in [4.78, 5) is 23.1. The van der Waals surface area contributed by atoms with Gasteiger partial charge in [0.15, 0.2) is 0 Å². The first kappa shape index (κ1) is 8.55. The topological polar surface area (TPSA) is 60.7 Å². The third-order valence-corrected chi connectivity index (χ3v) is 1.74. The first-order valence-electron chi connectivity index (χ1n) is 4.11. The summed E-state index contributed by atoms with van der Waals surface area (Å²) in [6.07, 6.45) is 7.76.